The Balaban J connectivity index is 1.47. The van der Waals surface area contributed by atoms with E-state index in [0.29, 0.717) is 31.6 Å². The largest absolute Gasteiger partial charge is 0.459 e. The molecule has 0 aliphatic carbocycles. The van der Waals surface area contributed by atoms with Gasteiger partial charge in [0.25, 0.3) is 5.91 Å². The maximum atomic E-state index is 13.5. The molecule has 7 nitrogen and oxygen atoms in total. The molecule has 2 aromatic heterocycles. The predicted molar refractivity (Wildman–Crippen MR) is 109 cm³/mol. The molecule has 1 aliphatic rings. The highest BCUT2D eigenvalue weighted by Crippen LogP contribution is 2.35. The second-order valence-electron chi connectivity index (χ2n) is 7.63. The summed E-state index contributed by atoms with van der Waals surface area (Å²) in [5.74, 6) is -0.516. The van der Waals surface area contributed by atoms with Crippen molar-refractivity contribution >= 4 is 17.6 Å². The van der Waals surface area contributed by atoms with E-state index in [0.717, 1.165) is 10.7 Å². The second kappa shape index (κ2) is 8.52. The van der Waals surface area contributed by atoms with E-state index in [9.17, 15) is 22.8 Å². The fourth-order valence-electron chi connectivity index (χ4n) is 3.80. The SMILES string of the molecule is Cc1cc(NC(=O)C2CCN(C(=O)c3ccco3)CC2)n(-c2ccccc2C(F)(F)F)n1. The third kappa shape index (κ3) is 4.39. The van der Waals surface area contributed by atoms with Gasteiger partial charge in [-0.25, -0.2) is 4.68 Å². The van der Waals surface area contributed by atoms with E-state index in [-0.39, 0.29) is 35.0 Å². The molecule has 1 saturated heterocycles. The van der Waals surface area contributed by atoms with E-state index in [1.165, 1.54) is 30.5 Å². The molecule has 32 heavy (non-hydrogen) atoms. The summed E-state index contributed by atoms with van der Waals surface area (Å²) >= 11 is 0. The number of aromatic nitrogens is 2. The van der Waals surface area contributed by atoms with Gasteiger partial charge >= 0.3 is 6.18 Å². The number of halogens is 3. The number of anilines is 1. The molecule has 1 fully saturated rings. The highest BCUT2D eigenvalue weighted by Gasteiger charge is 2.35. The van der Waals surface area contributed by atoms with Crippen LogP contribution in [0.2, 0.25) is 0 Å². The number of rotatable bonds is 4. The number of carbonyl (C=O) groups is 2. The normalized spacial score (nSPS) is 15.1. The van der Waals surface area contributed by atoms with Crippen molar-refractivity contribution < 1.29 is 27.2 Å². The summed E-state index contributed by atoms with van der Waals surface area (Å²) < 4.78 is 46.6. The van der Waals surface area contributed by atoms with Crippen molar-refractivity contribution in [1.82, 2.24) is 14.7 Å². The highest BCUT2D eigenvalue weighted by molar-refractivity contribution is 5.93. The minimum Gasteiger partial charge on any atom is -0.459 e. The summed E-state index contributed by atoms with van der Waals surface area (Å²) in [5.41, 5.74) is -0.540. The van der Waals surface area contributed by atoms with Crippen LogP contribution in [-0.2, 0) is 11.0 Å². The van der Waals surface area contributed by atoms with Gasteiger partial charge in [0.15, 0.2) is 5.76 Å². The van der Waals surface area contributed by atoms with Gasteiger partial charge in [0.05, 0.1) is 23.2 Å². The van der Waals surface area contributed by atoms with Gasteiger partial charge in [-0.2, -0.15) is 18.3 Å². The monoisotopic (exact) mass is 446 g/mol. The summed E-state index contributed by atoms with van der Waals surface area (Å²) in [6.07, 6.45) is -2.27. The number of nitrogens with zero attached hydrogens (tertiary/aromatic N) is 3. The Hall–Kier alpha value is -3.56. The molecule has 3 heterocycles. The molecule has 0 saturated carbocycles. The molecular formula is C22H21F3N4O3. The van der Waals surface area contributed by atoms with E-state index >= 15 is 0 Å². The molecule has 4 rings (SSSR count). The zero-order valence-corrected chi connectivity index (χ0v) is 17.2. The van der Waals surface area contributed by atoms with Crippen molar-refractivity contribution in [2.24, 2.45) is 5.92 Å². The Morgan fingerprint density at radius 3 is 2.50 bits per heavy atom. The zero-order valence-electron chi connectivity index (χ0n) is 17.2. The summed E-state index contributed by atoms with van der Waals surface area (Å²) in [6, 6.07) is 9.82. The van der Waals surface area contributed by atoms with Crippen molar-refractivity contribution in [3.8, 4) is 5.69 Å². The van der Waals surface area contributed by atoms with Gasteiger partial charge in [0, 0.05) is 25.1 Å². The molecule has 0 atom stereocenters. The molecule has 0 radical (unpaired) electrons. The lowest BCUT2D eigenvalue weighted by Crippen LogP contribution is -2.41. The number of likely N-dealkylation sites (tertiary alicyclic amines) is 1. The fraction of sp³-hybridized carbons (Fsp3) is 0.318. The average molecular weight is 446 g/mol. The van der Waals surface area contributed by atoms with Gasteiger partial charge < -0.3 is 14.6 Å². The maximum Gasteiger partial charge on any atom is 0.418 e. The van der Waals surface area contributed by atoms with E-state index in [4.69, 9.17) is 4.42 Å². The number of para-hydroxylation sites is 1. The number of nitrogens with one attached hydrogen (secondary N) is 1. The molecule has 168 valence electrons. The van der Waals surface area contributed by atoms with Crippen molar-refractivity contribution in [3.05, 3.63) is 65.7 Å². The Bertz CT molecular complexity index is 1110. The highest BCUT2D eigenvalue weighted by atomic mass is 19.4. The van der Waals surface area contributed by atoms with Crippen molar-refractivity contribution in [3.63, 3.8) is 0 Å². The van der Waals surface area contributed by atoms with Crippen LogP contribution >= 0.6 is 0 Å². The summed E-state index contributed by atoms with van der Waals surface area (Å²) in [4.78, 5) is 26.8. The summed E-state index contributed by atoms with van der Waals surface area (Å²) in [6.45, 7) is 2.40. The lowest BCUT2D eigenvalue weighted by Gasteiger charge is -2.30. The summed E-state index contributed by atoms with van der Waals surface area (Å²) in [5, 5.41) is 6.88. The van der Waals surface area contributed by atoms with Crippen molar-refractivity contribution in [1.29, 1.82) is 0 Å². The van der Waals surface area contributed by atoms with E-state index in [2.05, 4.69) is 10.4 Å². The van der Waals surface area contributed by atoms with E-state index < -0.39 is 11.7 Å². The Morgan fingerprint density at radius 1 is 1.12 bits per heavy atom. The van der Waals surface area contributed by atoms with Gasteiger partial charge in [-0.3, -0.25) is 9.59 Å². The van der Waals surface area contributed by atoms with Gasteiger partial charge in [0.2, 0.25) is 5.91 Å². The van der Waals surface area contributed by atoms with Crippen LogP contribution in [0.1, 0.15) is 34.7 Å². The number of amides is 2. The van der Waals surface area contributed by atoms with Crippen LogP contribution in [0.4, 0.5) is 19.0 Å². The van der Waals surface area contributed by atoms with Gasteiger partial charge in [-0.15, -0.1) is 0 Å². The minimum absolute atomic E-state index is 0.165. The molecule has 3 aromatic rings. The van der Waals surface area contributed by atoms with E-state index in [1.807, 2.05) is 0 Å². The van der Waals surface area contributed by atoms with Crippen LogP contribution in [0.5, 0.6) is 0 Å². The van der Waals surface area contributed by atoms with Gasteiger partial charge in [-0.1, -0.05) is 12.1 Å². The molecule has 0 spiro atoms. The zero-order chi connectivity index (χ0) is 22.9. The molecule has 2 amide bonds. The predicted octanol–water partition coefficient (Wildman–Crippen LogP) is 4.28. The number of carbonyl (C=O) groups excluding carboxylic acids is 2. The molecule has 1 N–H and O–H groups in total. The Labute approximate surface area is 181 Å². The number of aryl methyl sites for hydroxylation is 1. The summed E-state index contributed by atoms with van der Waals surface area (Å²) in [7, 11) is 0. The molecule has 1 aromatic carbocycles. The lowest BCUT2D eigenvalue weighted by atomic mass is 9.95. The number of alkyl halides is 3. The number of hydrogen-bond acceptors (Lipinski definition) is 4. The Kier molecular flexibility index (Phi) is 5.77. The Morgan fingerprint density at radius 2 is 1.84 bits per heavy atom. The first kappa shape index (κ1) is 21.7. The van der Waals surface area contributed by atoms with E-state index in [1.54, 1.807) is 24.0 Å². The third-order valence-corrected chi connectivity index (χ3v) is 5.41. The number of furan rings is 1. The van der Waals surface area contributed by atoms with Crippen LogP contribution in [0.3, 0.4) is 0 Å². The van der Waals surface area contributed by atoms with Crippen LogP contribution in [0, 0.1) is 12.8 Å². The smallest absolute Gasteiger partial charge is 0.418 e. The second-order valence-corrected chi connectivity index (χ2v) is 7.63. The van der Waals surface area contributed by atoms with Crippen molar-refractivity contribution in [2.45, 2.75) is 25.9 Å². The number of piperidine rings is 1. The van der Waals surface area contributed by atoms with Gasteiger partial charge in [0.1, 0.15) is 5.82 Å². The molecular weight excluding hydrogens is 425 g/mol. The average Bonchev–Trinajstić information content (AvgIpc) is 3.43. The molecule has 0 bridgehead atoms. The molecule has 1 aliphatic heterocycles. The number of benzene rings is 1. The maximum absolute atomic E-state index is 13.5. The van der Waals surface area contributed by atoms with Crippen molar-refractivity contribution in [2.75, 3.05) is 18.4 Å². The lowest BCUT2D eigenvalue weighted by molar-refractivity contribution is -0.137. The number of hydrogen-bond donors (Lipinski definition) is 1. The minimum atomic E-state index is -4.56. The topological polar surface area (TPSA) is 80.4 Å². The molecule has 10 heteroatoms. The fourth-order valence-corrected chi connectivity index (χ4v) is 3.80. The van der Waals surface area contributed by atoms with Crippen LogP contribution < -0.4 is 5.32 Å². The standard InChI is InChI=1S/C22H21F3N4O3/c1-14-13-19(29(27-14)17-6-3-2-5-16(17)22(23,24)25)26-20(30)15-8-10-28(11-9-15)21(31)18-7-4-12-32-18/h2-7,12-13,15H,8-11H2,1H3,(H,26,30). The van der Waals surface area contributed by atoms with Crippen LogP contribution in [0.25, 0.3) is 5.69 Å². The van der Waals surface area contributed by atoms with Crippen LogP contribution in [0.15, 0.2) is 53.1 Å². The third-order valence-electron chi connectivity index (χ3n) is 5.41. The molecule has 0 unspecified atom stereocenters. The first-order valence-corrected chi connectivity index (χ1v) is 10.1. The first-order chi connectivity index (χ1) is 15.2. The quantitative estimate of drug-likeness (QED) is 0.649. The first-order valence-electron chi connectivity index (χ1n) is 10.1. The van der Waals surface area contributed by atoms with Gasteiger partial charge in [-0.05, 0) is 44.0 Å². The van der Waals surface area contributed by atoms with Crippen LogP contribution in [-0.4, -0.2) is 39.6 Å².